The van der Waals surface area contributed by atoms with Crippen molar-refractivity contribution in [2.24, 2.45) is 0 Å². The monoisotopic (exact) mass is 458 g/mol. The maximum Gasteiger partial charge on any atom is 0.338 e. The summed E-state index contributed by atoms with van der Waals surface area (Å²) >= 11 is 0. The number of rotatable bonds is 7. The predicted molar refractivity (Wildman–Crippen MR) is 134 cm³/mol. The molecule has 0 radical (unpaired) electrons. The SMILES string of the molecule is C=C(C)C(=O)Oc1cc(-c2ccc(C3CCCCC3)cc2F)ccc1-c1ccc(CCO)cc1. The van der Waals surface area contributed by atoms with Gasteiger partial charge in [0.05, 0.1) is 0 Å². The number of hydrogen-bond donors (Lipinski definition) is 1. The second kappa shape index (κ2) is 10.8. The number of benzene rings is 3. The molecule has 176 valence electrons. The summed E-state index contributed by atoms with van der Waals surface area (Å²) in [7, 11) is 0. The highest BCUT2D eigenvalue weighted by atomic mass is 19.1. The van der Waals surface area contributed by atoms with Crippen molar-refractivity contribution in [1.82, 2.24) is 0 Å². The molecule has 0 atom stereocenters. The summed E-state index contributed by atoms with van der Waals surface area (Å²) in [6.07, 6.45) is 6.48. The van der Waals surface area contributed by atoms with E-state index in [1.807, 2.05) is 48.5 Å². The van der Waals surface area contributed by atoms with Crippen LogP contribution >= 0.6 is 0 Å². The van der Waals surface area contributed by atoms with Crippen LogP contribution in [0.5, 0.6) is 5.75 Å². The minimum atomic E-state index is -0.525. The molecule has 1 fully saturated rings. The molecule has 0 saturated heterocycles. The number of ether oxygens (including phenoxy) is 1. The van der Waals surface area contributed by atoms with Crippen LogP contribution in [0.2, 0.25) is 0 Å². The summed E-state index contributed by atoms with van der Waals surface area (Å²) in [4.78, 5) is 12.3. The van der Waals surface area contributed by atoms with Crippen LogP contribution in [0.3, 0.4) is 0 Å². The smallest absolute Gasteiger partial charge is 0.338 e. The van der Waals surface area contributed by atoms with Gasteiger partial charge < -0.3 is 9.84 Å². The molecule has 1 N–H and O–H groups in total. The number of hydrogen-bond acceptors (Lipinski definition) is 3. The van der Waals surface area contributed by atoms with Crippen LogP contribution in [-0.4, -0.2) is 17.7 Å². The molecule has 1 aliphatic rings. The molecule has 3 aromatic carbocycles. The van der Waals surface area contributed by atoms with Crippen LogP contribution in [0.1, 0.15) is 56.1 Å². The van der Waals surface area contributed by atoms with E-state index in [0.29, 0.717) is 29.2 Å². The second-order valence-corrected chi connectivity index (χ2v) is 9.13. The molecule has 1 saturated carbocycles. The van der Waals surface area contributed by atoms with E-state index >= 15 is 4.39 Å². The number of aliphatic hydroxyl groups excluding tert-OH is 1. The summed E-state index contributed by atoms with van der Waals surface area (Å²) in [6.45, 7) is 5.36. The Morgan fingerprint density at radius 3 is 2.29 bits per heavy atom. The average Bonchev–Trinajstić information content (AvgIpc) is 2.85. The molecule has 0 aliphatic heterocycles. The maximum absolute atomic E-state index is 15.2. The lowest BCUT2D eigenvalue weighted by Crippen LogP contribution is -2.09. The minimum absolute atomic E-state index is 0.0839. The molecule has 4 heteroatoms. The molecule has 34 heavy (non-hydrogen) atoms. The zero-order valence-corrected chi connectivity index (χ0v) is 19.6. The Labute approximate surface area is 200 Å². The standard InChI is InChI=1S/C30H31FO3/c1-20(2)30(33)34-29-19-25(13-15-27(29)23-10-8-21(9-11-23)16-17-32)26-14-12-24(18-28(26)31)22-6-4-3-5-7-22/h8-15,18-19,22,32H,1,3-7,16-17H2,2H3. The lowest BCUT2D eigenvalue weighted by atomic mass is 9.83. The molecule has 0 spiro atoms. The first-order chi connectivity index (χ1) is 16.5. The largest absolute Gasteiger partial charge is 0.423 e. The minimum Gasteiger partial charge on any atom is -0.423 e. The van der Waals surface area contributed by atoms with Crippen molar-refractivity contribution in [3.8, 4) is 28.0 Å². The summed E-state index contributed by atoms with van der Waals surface area (Å²) in [5.74, 6) is 0.00139. The zero-order chi connectivity index (χ0) is 24.1. The summed E-state index contributed by atoms with van der Waals surface area (Å²) < 4.78 is 20.9. The van der Waals surface area contributed by atoms with Crippen molar-refractivity contribution in [3.05, 3.63) is 89.8 Å². The third kappa shape index (κ3) is 5.45. The highest BCUT2D eigenvalue weighted by Crippen LogP contribution is 2.38. The van der Waals surface area contributed by atoms with E-state index in [1.54, 1.807) is 19.1 Å². The highest BCUT2D eigenvalue weighted by Gasteiger charge is 2.19. The fraction of sp³-hybridized carbons (Fsp3) is 0.300. The Bertz CT molecular complexity index is 1170. The van der Waals surface area contributed by atoms with Gasteiger partial charge in [-0.05, 0) is 66.5 Å². The van der Waals surface area contributed by atoms with E-state index in [-0.39, 0.29) is 18.0 Å². The molecule has 1 aliphatic carbocycles. The normalized spacial score (nSPS) is 14.1. The Hall–Kier alpha value is -3.24. The van der Waals surface area contributed by atoms with Crippen molar-refractivity contribution in [2.75, 3.05) is 6.61 Å². The first kappa shape index (κ1) is 23.9. The van der Waals surface area contributed by atoms with Gasteiger partial charge in [0.25, 0.3) is 0 Å². The summed E-state index contributed by atoms with van der Waals surface area (Å²) in [5.41, 5.74) is 5.10. The van der Waals surface area contributed by atoms with Crippen molar-refractivity contribution < 1.29 is 19.0 Å². The van der Waals surface area contributed by atoms with Gasteiger partial charge in [0.1, 0.15) is 11.6 Å². The Morgan fingerprint density at radius 1 is 0.971 bits per heavy atom. The quantitative estimate of drug-likeness (QED) is 0.231. The fourth-order valence-electron chi connectivity index (χ4n) is 4.64. The Morgan fingerprint density at radius 2 is 1.65 bits per heavy atom. The Kier molecular flexibility index (Phi) is 7.59. The van der Waals surface area contributed by atoms with Gasteiger partial charge in [0, 0.05) is 23.3 Å². The fourth-order valence-corrected chi connectivity index (χ4v) is 4.64. The van der Waals surface area contributed by atoms with Crippen LogP contribution in [-0.2, 0) is 11.2 Å². The number of carbonyl (C=O) groups excluding carboxylic acids is 1. The van der Waals surface area contributed by atoms with Gasteiger partial charge >= 0.3 is 5.97 Å². The van der Waals surface area contributed by atoms with Gasteiger partial charge in [0.2, 0.25) is 0 Å². The van der Waals surface area contributed by atoms with Gasteiger partial charge in [-0.15, -0.1) is 0 Å². The van der Waals surface area contributed by atoms with Gasteiger partial charge in [-0.1, -0.05) is 74.4 Å². The summed E-state index contributed by atoms with van der Waals surface area (Å²) in [5, 5.41) is 9.16. The van der Waals surface area contributed by atoms with Crippen LogP contribution in [0.15, 0.2) is 72.8 Å². The lowest BCUT2D eigenvalue weighted by molar-refractivity contribution is -0.130. The van der Waals surface area contributed by atoms with Gasteiger partial charge in [-0.25, -0.2) is 9.18 Å². The Balaban J connectivity index is 1.70. The van der Waals surface area contributed by atoms with E-state index < -0.39 is 5.97 Å². The first-order valence-corrected chi connectivity index (χ1v) is 12.0. The van der Waals surface area contributed by atoms with E-state index in [2.05, 4.69) is 6.58 Å². The molecule has 0 unspecified atom stereocenters. The molecule has 0 amide bonds. The molecule has 3 nitrogen and oxygen atoms in total. The molecule has 0 aromatic heterocycles. The van der Waals surface area contributed by atoms with Crippen molar-refractivity contribution in [1.29, 1.82) is 0 Å². The number of carbonyl (C=O) groups is 1. The van der Waals surface area contributed by atoms with Crippen molar-refractivity contribution >= 4 is 5.97 Å². The van der Waals surface area contributed by atoms with Crippen LogP contribution < -0.4 is 4.74 Å². The molecule has 0 bridgehead atoms. The van der Waals surface area contributed by atoms with Crippen molar-refractivity contribution in [3.63, 3.8) is 0 Å². The number of esters is 1. The van der Waals surface area contributed by atoms with Gasteiger partial charge in [-0.2, -0.15) is 0 Å². The molecule has 3 aromatic rings. The topological polar surface area (TPSA) is 46.5 Å². The highest BCUT2D eigenvalue weighted by molar-refractivity contribution is 5.90. The van der Waals surface area contributed by atoms with Crippen LogP contribution in [0.4, 0.5) is 4.39 Å². The van der Waals surface area contributed by atoms with Crippen LogP contribution in [0, 0.1) is 5.82 Å². The number of aliphatic hydroxyl groups is 1. The van der Waals surface area contributed by atoms with Crippen molar-refractivity contribution in [2.45, 2.75) is 51.4 Å². The lowest BCUT2D eigenvalue weighted by Gasteiger charge is -2.22. The van der Waals surface area contributed by atoms with E-state index in [4.69, 9.17) is 9.84 Å². The molecular weight excluding hydrogens is 427 g/mol. The second-order valence-electron chi connectivity index (χ2n) is 9.13. The van der Waals surface area contributed by atoms with E-state index in [9.17, 15) is 4.79 Å². The van der Waals surface area contributed by atoms with Crippen LogP contribution in [0.25, 0.3) is 22.3 Å². The molecule has 0 heterocycles. The number of halogens is 1. The summed E-state index contributed by atoms with van der Waals surface area (Å²) in [6, 6.07) is 18.7. The third-order valence-corrected chi connectivity index (χ3v) is 6.58. The molecule has 4 rings (SSSR count). The first-order valence-electron chi connectivity index (χ1n) is 12.0. The molecular formula is C30H31FO3. The zero-order valence-electron chi connectivity index (χ0n) is 19.6. The predicted octanol–water partition coefficient (Wildman–Crippen LogP) is 7.22. The van der Waals surface area contributed by atoms with Gasteiger partial charge in [-0.3, -0.25) is 0 Å². The van der Waals surface area contributed by atoms with E-state index in [0.717, 1.165) is 35.1 Å². The van der Waals surface area contributed by atoms with E-state index in [1.165, 1.54) is 19.3 Å². The van der Waals surface area contributed by atoms with Gasteiger partial charge in [0.15, 0.2) is 0 Å². The third-order valence-electron chi connectivity index (χ3n) is 6.58. The average molecular weight is 459 g/mol. The maximum atomic E-state index is 15.2.